The number of rotatable bonds is 4. The monoisotopic (exact) mass is 248 g/mol. The molecule has 0 fully saturated rings. The van der Waals surface area contributed by atoms with Crippen LogP contribution in [-0.2, 0) is 17.1 Å². The van der Waals surface area contributed by atoms with Crippen LogP contribution in [0.25, 0.3) is 0 Å². The van der Waals surface area contributed by atoms with E-state index in [0.717, 1.165) is 4.68 Å². The predicted octanol–water partition coefficient (Wildman–Crippen LogP) is -0.262. The molecule has 0 saturated heterocycles. The van der Waals surface area contributed by atoms with Crippen LogP contribution in [0, 0.1) is 0 Å². The number of aryl methyl sites for hydroxylation is 1. The minimum atomic E-state index is -3.74. The minimum Gasteiger partial charge on any atom is -0.502 e. The van der Waals surface area contributed by atoms with E-state index in [1.807, 2.05) is 0 Å². The van der Waals surface area contributed by atoms with Crippen LogP contribution in [0.2, 0.25) is 0 Å². The first-order valence-electron chi connectivity index (χ1n) is 4.87. The molecule has 1 heterocycles. The highest BCUT2D eigenvalue weighted by Gasteiger charge is 2.30. The molecule has 0 aliphatic carbocycles. The molecule has 0 aliphatic heterocycles. The highest BCUT2D eigenvalue weighted by Crippen LogP contribution is 2.29. The summed E-state index contributed by atoms with van der Waals surface area (Å²) in [4.78, 5) is 0. The number of sulfonamides is 1. The smallest absolute Gasteiger partial charge is 0.264 e. The Labute approximate surface area is 94.5 Å². The van der Waals surface area contributed by atoms with Crippen molar-refractivity contribution in [1.82, 2.24) is 14.1 Å². The number of nitrogen functional groups attached to an aromatic ring is 1. The van der Waals surface area contributed by atoms with Gasteiger partial charge in [-0.25, -0.2) is 8.42 Å². The summed E-state index contributed by atoms with van der Waals surface area (Å²) in [5.41, 5.74) is 5.36. The van der Waals surface area contributed by atoms with Gasteiger partial charge in [-0.1, -0.05) is 13.8 Å². The zero-order valence-corrected chi connectivity index (χ0v) is 10.3. The lowest BCUT2D eigenvalue weighted by Gasteiger charge is -2.18. The SMILES string of the molecule is CCN(CC)S(=O)(=O)c1c(O)c(N)nn1C. The third kappa shape index (κ3) is 1.85. The predicted molar refractivity (Wildman–Crippen MR) is 59.4 cm³/mol. The van der Waals surface area contributed by atoms with Crippen LogP contribution < -0.4 is 5.73 Å². The molecule has 0 atom stereocenters. The van der Waals surface area contributed by atoms with Gasteiger partial charge in [-0.15, -0.1) is 0 Å². The molecule has 16 heavy (non-hydrogen) atoms. The maximum atomic E-state index is 12.1. The molecule has 0 bridgehead atoms. The number of hydrogen-bond acceptors (Lipinski definition) is 5. The lowest BCUT2D eigenvalue weighted by atomic mass is 10.6. The van der Waals surface area contributed by atoms with Crippen molar-refractivity contribution >= 4 is 15.8 Å². The molecular formula is C8H16N4O3S. The number of anilines is 1. The normalized spacial score (nSPS) is 12.2. The highest BCUT2D eigenvalue weighted by molar-refractivity contribution is 7.89. The number of hydrogen-bond donors (Lipinski definition) is 2. The van der Waals surface area contributed by atoms with Gasteiger partial charge >= 0.3 is 0 Å². The third-order valence-electron chi connectivity index (χ3n) is 2.29. The van der Waals surface area contributed by atoms with E-state index < -0.39 is 15.8 Å². The highest BCUT2D eigenvalue weighted by atomic mass is 32.2. The fourth-order valence-electron chi connectivity index (χ4n) is 1.49. The summed E-state index contributed by atoms with van der Waals surface area (Å²) in [7, 11) is -2.31. The Hall–Kier alpha value is -1.28. The number of nitrogens with two attached hydrogens (primary N) is 1. The van der Waals surface area contributed by atoms with Crippen LogP contribution >= 0.6 is 0 Å². The molecule has 0 radical (unpaired) electrons. The fraction of sp³-hybridized carbons (Fsp3) is 0.625. The van der Waals surface area contributed by atoms with E-state index in [0.29, 0.717) is 13.1 Å². The average molecular weight is 248 g/mol. The number of aromatic nitrogens is 2. The molecule has 0 amide bonds. The molecule has 0 spiro atoms. The molecule has 92 valence electrons. The molecule has 1 aromatic heterocycles. The van der Waals surface area contributed by atoms with Crippen molar-refractivity contribution in [2.75, 3.05) is 18.8 Å². The van der Waals surface area contributed by atoms with E-state index in [-0.39, 0.29) is 10.8 Å². The third-order valence-corrected chi connectivity index (χ3v) is 4.43. The standard InChI is InChI=1S/C8H16N4O3S/c1-4-12(5-2)16(14,15)8-6(13)7(9)10-11(8)3/h13H,4-5H2,1-3H3,(H2,9,10). The molecule has 0 aromatic carbocycles. The lowest BCUT2D eigenvalue weighted by Crippen LogP contribution is -2.32. The Kier molecular flexibility index (Phi) is 3.44. The molecule has 0 aliphatic rings. The summed E-state index contributed by atoms with van der Waals surface area (Å²) in [6.07, 6.45) is 0. The van der Waals surface area contributed by atoms with Crippen LogP contribution in [0.5, 0.6) is 5.75 Å². The number of nitrogens with zero attached hydrogens (tertiary/aromatic N) is 3. The first-order valence-corrected chi connectivity index (χ1v) is 6.31. The zero-order chi connectivity index (χ0) is 12.5. The van der Waals surface area contributed by atoms with Crippen molar-refractivity contribution in [2.45, 2.75) is 18.9 Å². The quantitative estimate of drug-likeness (QED) is 0.764. The van der Waals surface area contributed by atoms with Gasteiger partial charge < -0.3 is 10.8 Å². The fourth-order valence-corrected chi connectivity index (χ4v) is 3.14. The van der Waals surface area contributed by atoms with E-state index in [2.05, 4.69) is 5.10 Å². The van der Waals surface area contributed by atoms with Crippen molar-refractivity contribution in [3.63, 3.8) is 0 Å². The van der Waals surface area contributed by atoms with Gasteiger partial charge in [-0.3, -0.25) is 4.68 Å². The van der Waals surface area contributed by atoms with Crippen LogP contribution in [0.1, 0.15) is 13.8 Å². The van der Waals surface area contributed by atoms with Gasteiger partial charge in [-0.2, -0.15) is 9.40 Å². The van der Waals surface area contributed by atoms with E-state index in [4.69, 9.17) is 5.73 Å². The molecule has 7 nitrogen and oxygen atoms in total. The van der Waals surface area contributed by atoms with Crippen LogP contribution in [0.4, 0.5) is 5.82 Å². The van der Waals surface area contributed by atoms with Gasteiger partial charge in [0.25, 0.3) is 10.0 Å². The summed E-state index contributed by atoms with van der Waals surface area (Å²) in [5.74, 6) is -0.678. The van der Waals surface area contributed by atoms with Crippen molar-refractivity contribution < 1.29 is 13.5 Å². The summed E-state index contributed by atoms with van der Waals surface area (Å²) in [5, 5.41) is 13.0. The summed E-state index contributed by atoms with van der Waals surface area (Å²) >= 11 is 0. The van der Waals surface area contributed by atoms with Gasteiger partial charge in [0.15, 0.2) is 11.6 Å². The average Bonchev–Trinajstić information content (AvgIpc) is 2.42. The molecule has 8 heteroatoms. The van der Waals surface area contributed by atoms with Gasteiger partial charge in [-0.05, 0) is 0 Å². The Morgan fingerprint density at radius 3 is 2.25 bits per heavy atom. The van der Waals surface area contributed by atoms with Crippen molar-refractivity contribution in [3.05, 3.63) is 0 Å². The summed E-state index contributed by atoms with van der Waals surface area (Å²) in [6.45, 7) is 4.09. The van der Waals surface area contributed by atoms with E-state index in [1.54, 1.807) is 13.8 Å². The molecule has 3 N–H and O–H groups in total. The second-order valence-corrected chi connectivity index (χ2v) is 5.11. The van der Waals surface area contributed by atoms with Gasteiger partial charge in [0, 0.05) is 20.1 Å². The zero-order valence-electron chi connectivity index (χ0n) is 9.51. The molecule has 1 aromatic rings. The van der Waals surface area contributed by atoms with Gasteiger partial charge in [0.05, 0.1) is 0 Å². The topological polar surface area (TPSA) is 101 Å². The van der Waals surface area contributed by atoms with E-state index in [1.165, 1.54) is 11.4 Å². The first kappa shape index (κ1) is 12.8. The number of aromatic hydroxyl groups is 1. The molecular weight excluding hydrogens is 232 g/mol. The summed E-state index contributed by atoms with van der Waals surface area (Å²) < 4.78 is 26.5. The summed E-state index contributed by atoms with van der Waals surface area (Å²) in [6, 6.07) is 0. The van der Waals surface area contributed by atoms with E-state index in [9.17, 15) is 13.5 Å². The second-order valence-electron chi connectivity index (χ2n) is 3.25. The lowest BCUT2D eigenvalue weighted by molar-refractivity contribution is 0.419. The maximum Gasteiger partial charge on any atom is 0.264 e. The molecule has 0 saturated carbocycles. The van der Waals surface area contributed by atoms with Gasteiger partial charge in [0.1, 0.15) is 0 Å². The Bertz CT molecular complexity index is 476. The molecule has 1 rings (SSSR count). The largest absolute Gasteiger partial charge is 0.502 e. The Morgan fingerprint density at radius 1 is 1.44 bits per heavy atom. The Morgan fingerprint density at radius 2 is 1.94 bits per heavy atom. The molecule has 0 unspecified atom stereocenters. The van der Waals surface area contributed by atoms with Crippen LogP contribution in [-0.4, -0.2) is 40.7 Å². The van der Waals surface area contributed by atoms with E-state index >= 15 is 0 Å². The van der Waals surface area contributed by atoms with Crippen molar-refractivity contribution in [1.29, 1.82) is 0 Å². The Balaban J connectivity index is 3.38. The minimum absolute atomic E-state index is 0.187. The van der Waals surface area contributed by atoms with Gasteiger partial charge in [0.2, 0.25) is 5.03 Å². The first-order chi connectivity index (χ1) is 7.36. The maximum absolute atomic E-state index is 12.1. The van der Waals surface area contributed by atoms with Crippen molar-refractivity contribution in [2.24, 2.45) is 7.05 Å². The second kappa shape index (κ2) is 4.30. The van der Waals surface area contributed by atoms with Crippen LogP contribution in [0.15, 0.2) is 5.03 Å². The van der Waals surface area contributed by atoms with Crippen LogP contribution in [0.3, 0.4) is 0 Å². The van der Waals surface area contributed by atoms with Crippen molar-refractivity contribution in [3.8, 4) is 5.75 Å².